The highest BCUT2D eigenvalue weighted by atomic mass is 16.2. The lowest BCUT2D eigenvalue weighted by Crippen LogP contribution is -2.33. The number of hydrogen-bond donors (Lipinski definition) is 1. The average molecular weight is 261 g/mol. The van der Waals surface area contributed by atoms with Crippen molar-refractivity contribution >= 4 is 11.7 Å². The molecule has 1 amide bonds. The van der Waals surface area contributed by atoms with E-state index in [9.17, 15) is 4.79 Å². The third-order valence-electron chi connectivity index (χ3n) is 3.90. The SMILES string of the molecule is CNc1ncccc1C(=O)N1CCCC(C)(C)CC1. The van der Waals surface area contributed by atoms with Crippen LogP contribution in [0.25, 0.3) is 0 Å². The molecule has 0 radical (unpaired) electrons. The first-order chi connectivity index (χ1) is 9.03. The number of nitrogens with zero attached hydrogens (tertiary/aromatic N) is 2. The topological polar surface area (TPSA) is 45.2 Å². The molecule has 0 atom stereocenters. The predicted molar refractivity (Wildman–Crippen MR) is 77.3 cm³/mol. The lowest BCUT2D eigenvalue weighted by atomic mass is 9.85. The van der Waals surface area contributed by atoms with Crippen LogP contribution in [0, 0.1) is 5.41 Å². The Hall–Kier alpha value is -1.58. The van der Waals surface area contributed by atoms with Crippen LogP contribution in [0.4, 0.5) is 5.82 Å². The molecule has 0 aromatic carbocycles. The molecule has 1 aliphatic rings. The van der Waals surface area contributed by atoms with Crippen LogP contribution in [0.1, 0.15) is 43.5 Å². The van der Waals surface area contributed by atoms with Crippen molar-refractivity contribution in [1.82, 2.24) is 9.88 Å². The van der Waals surface area contributed by atoms with Crippen molar-refractivity contribution in [2.45, 2.75) is 33.1 Å². The van der Waals surface area contributed by atoms with Crippen molar-refractivity contribution in [3.05, 3.63) is 23.9 Å². The monoisotopic (exact) mass is 261 g/mol. The molecule has 2 rings (SSSR count). The fraction of sp³-hybridized carbons (Fsp3) is 0.600. The molecular formula is C15H23N3O. The van der Waals surface area contributed by atoms with E-state index in [2.05, 4.69) is 24.1 Å². The maximum absolute atomic E-state index is 12.6. The Kier molecular flexibility index (Phi) is 4.08. The minimum atomic E-state index is 0.0927. The molecule has 4 heteroatoms. The molecule has 1 aromatic heterocycles. The van der Waals surface area contributed by atoms with Crippen LogP contribution in [0.15, 0.2) is 18.3 Å². The van der Waals surface area contributed by atoms with Gasteiger partial charge in [0.2, 0.25) is 0 Å². The van der Waals surface area contributed by atoms with E-state index < -0.39 is 0 Å². The summed E-state index contributed by atoms with van der Waals surface area (Å²) in [5.41, 5.74) is 1.01. The summed E-state index contributed by atoms with van der Waals surface area (Å²) in [6.45, 7) is 6.25. The van der Waals surface area contributed by atoms with Crippen LogP contribution in [-0.2, 0) is 0 Å². The van der Waals surface area contributed by atoms with Gasteiger partial charge < -0.3 is 10.2 Å². The molecular weight excluding hydrogens is 238 g/mol. The molecule has 1 fully saturated rings. The van der Waals surface area contributed by atoms with Gasteiger partial charge in [-0.1, -0.05) is 13.8 Å². The van der Waals surface area contributed by atoms with E-state index in [1.807, 2.05) is 17.0 Å². The standard InChI is InChI=1S/C15H23N3O/c1-15(2)7-5-10-18(11-8-15)14(19)12-6-4-9-17-13(12)16-3/h4,6,9H,5,7-8,10-11H2,1-3H3,(H,16,17). The highest BCUT2D eigenvalue weighted by Gasteiger charge is 2.26. The molecule has 2 heterocycles. The Labute approximate surface area is 115 Å². The molecule has 4 nitrogen and oxygen atoms in total. The number of amides is 1. The van der Waals surface area contributed by atoms with Crippen LogP contribution in [0.2, 0.25) is 0 Å². The van der Waals surface area contributed by atoms with E-state index in [-0.39, 0.29) is 5.91 Å². The summed E-state index contributed by atoms with van der Waals surface area (Å²) in [6.07, 6.45) is 5.03. The van der Waals surface area contributed by atoms with E-state index >= 15 is 0 Å². The largest absolute Gasteiger partial charge is 0.372 e. The van der Waals surface area contributed by atoms with Gasteiger partial charge in [0.15, 0.2) is 0 Å². The fourth-order valence-corrected chi connectivity index (χ4v) is 2.57. The summed E-state index contributed by atoms with van der Waals surface area (Å²) >= 11 is 0. The average Bonchev–Trinajstić information content (AvgIpc) is 2.59. The van der Waals surface area contributed by atoms with Gasteiger partial charge in [-0.05, 0) is 36.8 Å². The van der Waals surface area contributed by atoms with Gasteiger partial charge in [0, 0.05) is 26.3 Å². The van der Waals surface area contributed by atoms with E-state index in [4.69, 9.17) is 0 Å². The van der Waals surface area contributed by atoms with E-state index in [1.165, 1.54) is 6.42 Å². The molecule has 0 aliphatic carbocycles. The van der Waals surface area contributed by atoms with E-state index in [1.54, 1.807) is 13.2 Å². The Bertz CT molecular complexity index is 456. The van der Waals surface area contributed by atoms with Crippen molar-refractivity contribution in [3.63, 3.8) is 0 Å². The van der Waals surface area contributed by atoms with Crippen LogP contribution < -0.4 is 5.32 Å². The van der Waals surface area contributed by atoms with Gasteiger partial charge in [-0.15, -0.1) is 0 Å². The highest BCUT2D eigenvalue weighted by Crippen LogP contribution is 2.30. The van der Waals surface area contributed by atoms with E-state index in [0.29, 0.717) is 16.8 Å². The third kappa shape index (κ3) is 3.25. The molecule has 0 bridgehead atoms. The summed E-state index contributed by atoms with van der Waals surface area (Å²) in [5.74, 6) is 0.756. The number of rotatable bonds is 2. The smallest absolute Gasteiger partial charge is 0.257 e. The zero-order valence-electron chi connectivity index (χ0n) is 12.1. The Balaban J connectivity index is 2.15. The fourth-order valence-electron chi connectivity index (χ4n) is 2.57. The van der Waals surface area contributed by atoms with Crippen LogP contribution in [0.5, 0.6) is 0 Å². The molecule has 1 aliphatic heterocycles. The lowest BCUT2D eigenvalue weighted by Gasteiger charge is -2.24. The van der Waals surface area contributed by atoms with Gasteiger partial charge in [-0.2, -0.15) is 0 Å². The summed E-state index contributed by atoms with van der Waals surface area (Å²) in [4.78, 5) is 18.8. The molecule has 104 valence electrons. The Morgan fingerprint density at radius 1 is 1.37 bits per heavy atom. The quantitative estimate of drug-likeness (QED) is 0.890. The summed E-state index contributed by atoms with van der Waals surface area (Å²) in [7, 11) is 1.80. The van der Waals surface area contributed by atoms with E-state index in [0.717, 1.165) is 25.9 Å². The van der Waals surface area contributed by atoms with Gasteiger partial charge in [-0.3, -0.25) is 4.79 Å². The molecule has 0 unspecified atom stereocenters. The number of hydrogen-bond acceptors (Lipinski definition) is 3. The van der Waals surface area contributed by atoms with Gasteiger partial charge in [-0.25, -0.2) is 4.98 Å². The number of nitrogens with one attached hydrogen (secondary N) is 1. The minimum absolute atomic E-state index is 0.0927. The number of anilines is 1. The van der Waals surface area contributed by atoms with Crippen LogP contribution in [0.3, 0.4) is 0 Å². The predicted octanol–water partition coefficient (Wildman–Crippen LogP) is 2.78. The van der Waals surface area contributed by atoms with Gasteiger partial charge in [0.05, 0.1) is 5.56 Å². The zero-order valence-corrected chi connectivity index (χ0v) is 12.1. The summed E-state index contributed by atoms with van der Waals surface area (Å²) < 4.78 is 0. The van der Waals surface area contributed by atoms with Crippen molar-refractivity contribution in [1.29, 1.82) is 0 Å². The second-order valence-electron chi connectivity index (χ2n) is 5.96. The molecule has 19 heavy (non-hydrogen) atoms. The van der Waals surface area contributed by atoms with Crippen molar-refractivity contribution < 1.29 is 4.79 Å². The lowest BCUT2D eigenvalue weighted by molar-refractivity contribution is 0.0758. The van der Waals surface area contributed by atoms with Gasteiger partial charge in [0.1, 0.15) is 5.82 Å². The third-order valence-corrected chi connectivity index (χ3v) is 3.90. The number of pyridine rings is 1. The molecule has 0 saturated carbocycles. The summed E-state index contributed by atoms with van der Waals surface area (Å²) in [6, 6.07) is 3.66. The van der Waals surface area contributed by atoms with Crippen LogP contribution >= 0.6 is 0 Å². The Morgan fingerprint density at radius 2 is 2.16 bits per heavy atom. The molecule has 1 N–H and O–H groups in total. The first kappa shape index (κ1) is 13.8. The van der Waals surface area contributed by atoms with Crippen LogP contribution in [-0.4, -0.2) is 35.9 Å². The summed E-state index contributed by atoms with van der Waals surface area (Å²) in [5, 5.41) is 2.99. The maximum Gasteiger partial charge on any atom is 0.257 e. The number of carbonyl (C=O) groups is 1. The van der Waals surface area contributed by atoms with Gasteiger partial charge >= 0.3 is 0 Å². The highest BCUT2D eigenvalue weighted by molar-refractivity contribution is 5.98. The van der Waals surface area contributed by atoms with Crippen molar-refractivity contribution in [2.75, 3.05) is 25.5 Å². The molecule has 1 aromatic rings. The molecule has 1 saturated heterocycles. The first-order valence-electron chi connectivity index (χ1n) is 6.95. The zero-order chi connectivity index (χ0) is 13.9. The first-order valence-corrected chi connectivity index (χ1v) is 6.95. The number of likely N-dealkylation sites (tertiary alicyclic amines) is 1. The Morgan fingerprint density at radius 3 is 2.89 bits per heavy atom. The second kappa shape index (κ2) is 5.59. The number of carbonyl (C=O) groups excluding carboxylic acids is 1. The van der Waals surface area contributed by atoms with Crippen molar-refractivity contribution in [3.8, 4) is 0 Å². The maximum atomic E-state index is 12.6. The molecule has 0 spiro atoms. The second-order valence-corrected chi connectivity index (χ2v) is 5.96. The van der Waals surface area contributed by atoms with Crippen molar-refractivity contribution in [2.24, 2.45) is 5.41 Å². The minimum Gasteiger partial charge on any atom is -0.372 e. The van der Waals surface area contributed by atoms with Gasteiger partial charge in [0.25, 0.3) is 5.91 Å². The number of aromatic nitrogens is 1. The normalized spacial score (nSPS) is 18.8.